The summed E-state index contributed by atoms with van der Waals surface area (Å²) < 4.78 is 42.5. The van der Waals surface area contributed by atoms with Crippen LogP contribution in [0.1, 0.15) is 36.9 Å². The third-order valence-corrected chi connectivity index (χ3v) is 7.28. The van der Waals surface area contributed by atoms with Gasteiger partial charge in [0.25, 0.3) is 0 Å². The lowest BCUT2D eigenvalue weighted by molar-refractivity contribution is -0.257. The molecule has 1 fully saturated rings. The fraction of sp³-hybridized carbons (Fsp3) is 0.346. The van der Waals surface area contributed by atoms with Crippen molar-refractivity contribution in [3.8, 4) is 27.7 Å². The molecule has 0 spiro atoms. The fourth-order valence-electron chi connectivity index (χ4n) is 4.16. The highest BCUT2D eigenvalue weighted by Crippen LogP contribution is 2.38. The van der Waals surface area contributed by atoms with E-state index in [1.54, 1.807) is 6.07 Å². The first-order valence-electron chi connectivity index (χ1n) is 12.0. The van der Waals surface area contributed by atoms with E-state index in [1.165, 1.54) is 36.6 Å². The zero-order chi connectivity index (χ0) is 28.2. The number of rotatable bonds is 9. The van der Waals surface area contributed by atoms with E-state index in [9.17, 15) is 27.9 Å². The Balaban J connectivity index is 1.47. The second-order valence-corrected chi connectivity index (χ2v) is 9.93. The molecule has 1 saturated carbocycles. The number of thiazole rings is 1. The number of alkyl halides is 3. The lowest BCUT2D eigenvalue weighted by Gasteiger charge is -2.14. The maximum Gasteiger partial charge on any atom is 0.495 e. The van der Waals surface area contributed by atoms with Crippen LogP contribution < -0.4 is 20.3 Å². The van der Waals surface area contributed by atoms with Gasteiger partial charge in [0, 0.05) is 12.5 Å². The van der Waals surface area contributed by atoms with Crippen LogP contribution in [0.25, 0.3) is 10.4 Å². The van der Waals surface area contributed by atoms with Crippen LogP contribution in [0.4, 0.5) is 24.0 Å². The molecular formula is C26H26F3N3O6S. The molecule has 4 rings (SSSR count). The van der Waals surface area contributed by atoms with Gasteiger partial charge in [-0.25, -0.2) is 14.7 Å². The number of nitrogens with one attached hydrogen (secondary N) is 2. The van der Waals surface area contributed by atoms with Crippen molar-refractivity contribution in [3.63, 3.8) is 0 Å². The van der Waals surface area contributed by atoms with Gasteiger partial charge < -0.3 is 20.5 Å². The largest absolute Gasteiger partial charge is 0.504 e. The van der Waals surface area contributed by atoms with E-state index in [2.05, 4.69) is 25.4 Å². The highest BCUT2D eigenvalue weighted by Gasteiger charge is 2.43. The van der Waals surface area contributed by atoms with Crippen molar-refractivity contribution in [1.29, 1.82) is 0 Å². The van der Waals surface area contributed by atoms with Gasteiger partial charge in [-0.2, -0.15) is 13.2 Å². The fourth-order valence-corrected chi connectivity index (χ4v) is 5.13. The predicted molar refractivity (Wildman–Crippen MR) is 138 cm³/mol. The zero-order valence-electron chi connectivity index (χ0n) is 21.1. The van der Waals surface area contributed by atoms with Gasteiger partial charge in [0.05, 0.1) is 23.4 Å². The molecule has 1 heterocycles. The van der Waals surface area contributed by atoms with Gasteiger partial charge in [-0.1, -0.05) is 30.2 Å². The maximum absolute atomic E-state index is 12.5. The van der Waals surface area contributed by atoms with Crippen molar-refractivity contribution in [3.05, 3.63) is 47.7 Å². The molecule has 1 aliphatic carbocycles. The third-order valence-electron chi connectivity index (χ3n) is 6.16. The number of ether oxygens (including phenoxy) is 1. The standard InChI is InChI=1S/C26H26F3N3O6S/c1-14-22(39-25(31-14)32-23(34)16-5-3-4-6-16)17-8-10-20(36-2)18(12-17)30-13-15-7-9-19(33)21(11-15)37-38-24(35)26(27,28)29/h7-12,16,30,33H,3-6,13H2,1-2H3,(H,31,32,34). The van der Waals surface area contributed by atoms with E-state index >= 15 is 0 Å². The van der Waals surface area contributed by atoms with Crippen LogP contribution in [-0.4, -0.2) is 35.3 Å². The summed E-state index contributed by atoms with van der Waals surface area (Å²) in [5, 5.41) is 16.5. The molecule has 0 saturated heterocycles. The number of nitrogens with zero attached hydrogens (tertiary/aromatic N) is 1. The normalized spacial score (nSPS) is 13.7. The number of carbonyl (C=O) groups is 2. The Labute approximate surface area is 225 Å². The Hall–Kier alpha value is -4.00. The summed E-state index contributed by atoms with van der Waals surface area (Å²) in [5.74, 6) is -2.96. The van der Waals surface area contributed by atoms with Gasteiger partial charge in [-0.15, -0.1) is 0 Å². The van der Waals surface area contributed by atoms with Gasteiger partial charge >= 0.3 is 12.1 Å². The topological polar surface area (TPSA) is 119 Å². The molecule has 39 heavy (non-hydrogen) atoms. The van der Waals surface area contributed by atoms with E-state index in [1.807, 2.05) is 19.1 Å². The van der Waals surface area contributed by atoms with Crippen LogP contribution in [0.3, 0.4) is 0 Å². The third kappa shape index (κ3) is 6.91. The zero-order valence-corrected chi connectivity index (χ0v) is 21.9. The molecule has 1 amide bonds. The average molecular weight is 566 g/mol. The van der Waals surface area contributed by atoms with E-state index in [0.717, 1.165) is 41.8 Å². The number of aromatic nitrogens is 1. The first-order valence-corrected chi connectivity index (χ1v) is 12.8. The monoisotopic (exact) mass is 565 g/mol. The van der Waals surface area contributed by atoms with Gasteiger partial charge in [0.2, 0.25) is 11.7 Å². The van der Waals surface area contributed by atoms with Gasteiger partial charge in [-0.05, 0) is 61.2 Å². The molecule has 0 radical (unpaired) electrons. The molecule has 1 aliphatic rings. The molecule has 3 aromatic rings. The number of methoxy groups -OCH3 is 1. The second-order valence-electron chi connectivity index (χ2n) is 8.93. The SMILES string of the molecule is COc1ccc(-c2sc(NC(=O)C3CCCC3)nc2C)cc1NCc1ccc(O)c(OOC(=O)C(F)(F)F)c1. The minimum atomic E-state index is -5.24. The summed E-state index contributed by atoms with van der Waals surface area (Å²) in [5.41, 5.74) is 2.71. The van der Waals surface area contributed by atoms with Crippen LogP contribution in [0.5, 0.6) is 17.2 Å². The van der Waals surface area contributed by atoms with Crippen molar-refractivity contribution in [2.75, 3.05) is 17.7 Å². The number of aryl methyl sites for hydroxylation is 1. The molecule has 9 nitrogen and oxygen atoms in total. The number of phenolic OH excluding ortho intramolecular Hbond substituents is 1. The minimum Gasteiger partial charge on any atom is -0.504 e. The number of hydrogen-bond acceptors (Lipinski definition) is 9. The number of amides is 1. The highest BCUT2D eigenvalue weighted by atomic mass is 32.1. The molecular weight excluding hydrogens is 539 g/mol. The Bertz CT molecular complexity index is 1360. The molecule has 2 aromatic carbocycles. The van der Waals surface area contributed by atoms with Crippen LogP contribution in [0.2, 0.25) is 0 Å². The molecule has 0 bridgehead atoms. The number of benzene rings is 2. The first-order chi connectivity index (χ1) is 18.5. The Morgan fingerprint density at radius 3 is 2.56 bits per heavy atom. The maximum atomic E-state index is 12.5. The van der Waals surface area contributed by atoms with E-state index < -0.39 is 23.6 Å². The summed E-state index contributed by atoms with van der Waals surface area (Å²) in [7, 11) is 1.51. The molecule has 0 atom stereocenters. The Morgan fingerprint density at radius 2 is 1.87 bits per heavy atom. The average Bonchev–Trinajstić information content (AvgIpc) is 3.56. The van der Waals surface area contributed by atoms with Crippen LogP contribution in [-0.2, 0) is 21.0 Å². The molecule has 208 valence electrons. The number of hydrogen-bond donors (Lipinski definition) is 3. The lowest BCUT2D eigenvalue weighted by atomic mass is 10.1. The van der Waals surface area contributed by atoms with E-state index in [4.69, 9.17) is 4.74 Å². The number of carbonyl (C=O) groups excluding carboxylic acids is 2. The van der Waals surface area contributed by atoms with Crippen molar-refractivity contribution < 1.29 is 42.4 Å². The van der Waals surface area contributed by atoms with Crippen LogP contribution in [0, 0.1) is 12.8 Å². The number of aromatic hydroxyl groups is 1. The number of halogens is 3. The number of anilines is 2. The molecule has 1 aromatic heterocycles. The summed E-state index contributed by atoms with van der Waals surface area (Å²) in [4.78, 5) is 37.0. The van der Waals surface area contributed by atoms with E-state index in [0.29, 0.717) is 22.1 Å². The Kier molecular flexibility index (Phi) is 8.48. The summed E-state index contributed by atoms with van der Waals surface area (Å²) in [6.45, 7) is 2.02. The quantitative estimate of drug-likeness (QED) is 0.214. The number of phenols is 1. The molecule has 13 heteroatoms. The van der Waals surface area contributed by atoms with Gasteiger partial charge in [0.1, 0.15) is 5.75 Å². The van der Waals surface area contributed by atoms with Crippen LogP contribution >= 0.6 is 11.3 Å². The first kappa shape index (κ1) is 28.0. The molecule has 0 unspecified atom stereocenters. The molecule has 3 N–H and O–H groups in total. The van der Waals surface area contributed by atoms with Crippen LogP contribution in [0.15, 0.2) is 36.4 Å². The van der Waals surface area contributed by atoms with Gasteiger partial charge in [0.15, 0.2) is 10.9 Å². The predicted octanol–water partition coefficient (Wildman–Crippen LogP) is 5.97. The lowest BCUT2D eigenvalue weighted by Crippen LogP contribution is -2.26. The van der Waals surface area contributed by atoms with Crippen molar-refractivity contribution in [2.45, 2.75) is 45.3 Å². The summed E-state index contributed by atoms with van der Waals surface area (Å²) in [6.07, 6.45) is -1.33. The van der Waals surface area contributed by atoms with Gasteiger partial charge in [-0.3, -0.25) is 9.68 Å². The summed E-state index contributed by atoms with van der Waals surface area (Å²) in [6, 6.07) is 9.44. The smallest absolute Gasteiger partial charge is 0.495 e. The summed E-state index contributed by atoms with van der Waals surface area (Å²) >= 11 is 1.37. The van der Waals surface area contributed by atoms with Crippen molar-refractivity contribution in [2.24, 2.45) is 5.92 Å². The van der Waals surface area contributed by atoms with Crippen molar-refractivity contribution >= 4 is 34.0 Å². The highest BCUT2D eigenvalue weighted by molar-refractivity contribution is 7.19. The van der Waals surface area contributed by atoms with Crippen molar-refractivity contribution in [1.82, 2.24) is 4.98 Å². The second kappa shape index (κ2) is 11.8. The Morgan fingerprint density at radius 1 is 1.13 bits per heavy atom. The minimum absolute atomic E-state index is 0.00435. The molecule has 0 aliphatic heterocycles. The van der Waals surface area contributed by atoms with E-state index in [-0.39, 0.29) is 18.4 Å².